The quantitative estimate of drug-likeness (QED) is 0.807. The highest BCUT2D eigenvalue weighted by Gasteiger charge is 2.09. The van der Waals surface area contributed by atoms with Crippen molar-refractivity contribution < 1.29 is 4.74 Å². The summed E-state index contributed by atoms with van der Waals surface area (Å²) >= 11 is 6.15. The molecule has 0 aliphatic carbocycles. The van der Waals surface area contributed by atoms with Crippen LogP contribution in [0.4, 0.5) is 0 Å². The van der Waals surface area contributed by atoms with E-state index in [1.165, 1.54) is 12.8 Å². The van der Waals surface area contributed by atoms with Gasteiger partial charge in [-0.3, -0.25) is 0 Å². The third-order valence-electron chi connectivity index (χ3n) is 2.78. The fourth-order valence-electron chi connectivity index (χ4n) is 1.87. The van der Waals surface area contributed by atoms with Crippen molar-refractivity contribution in [1.29, 1.82) is 0 Å². The number of hydrogen-bond donors (Lipinski definition) is 1. The number of hydrogen-bond acceptors (Lipinski definition) is 2. The highest BCUT2D eigenvalue weighted by Crippen LogP contribution is 2.27. The van der Waals surface area contributed by atoms with Crippen LogP contribution in [0.25, 0.3) is 0 Å². The maximum absolute atomic E-state index is 6.15. The first-order valence-corrected chi connectivity index (χ1v) is 6.67. The molecule has 0 amide bonds. The van der Waals surface area contributed by atoms with Crippen molar-refractivity contribution in [3.63, 3.8) is 0 Å². The van der Waals surface area contributed by atoms with Crippen LogP contribution in [-0.2, 0) is 6.42 Å². The second kappa shape index (κ2) is 7.57. The van der Waals surface area contributed by atoms with Gasteiger partial charge in [0.25, 0.3) is 0 Å². The van der Waals surface area contributed by atoms with Gasteiger partial charge >= 0.3 is 0 Å². The lowest BCUT2D eigenvalue weighted by Crippen LogP contribution is -2.11. The van der Waals surface area contributed by atoms with Crippen LogP contribution < -0.4 is 10.5 Å². The molecule has 2 N–H and O–H groups in total. The Morgan fingerprint density at radius 1 is 1.41 bits per heavy atom. The Labute approximate surface area is 109 Å². The van der Waals surface area contributed by atoms with Gasteiger partial charge in [-0.25, -0.2) is 0 Å². The van der Waals surface area contributed by atoms with Crippen molar-refractivity contribution in [1.82, 2.24) is 0 Å². The SMILES string of the molecule is CCCC(C)COc1cccc(Cl)c1CCN. The zero-order valence-corrected chi connectivity index (χ0v) is 11.5. The number of benzene rings is 1. The molecule has 0 saturated heterocycles. The van der Waals surface area contributed by atoms with Crippen molar-refractivity contribution in [2.45, 2.75) is 33.1 Å². The summed E-state index contributed by atoms with van der Waals surface area (Å²) in [6, 6.07) is 5.77. The Balaban J connectivity index is 2.66. The molecule has 0 heterocycles. The first-order chi connectivity index (χ1) is 8.19. The van der Waals surface area contributed by atoms with Crippen LogP contribution in [0.1, 0.15) is 32.3 Å². The highest BCUT2D eigenvalue weighted by molar-refractivity contribution is 6.31. The lowest BCUT2D eigenvalue weighted by atomic mass is 10.1. The normalized spacial score (nSPS) is 12.5. The van der Waals surface area contributed by atoms with Gasteiger partial charge in [0.05, 0.1) is 6.61 Å². The Bertz CT molecular complexity index is 341. The second-order valence-corrected chi connectivity index (χ2v) is 4.87. The van der Waals surface area contributed by atoms with Gasteiger partial charge in [0.2, 0.25) is 0 Å². The lowest BCUT2D eigenvalue weighted by Gasteiger charge is -2.15. The van der Waals surface area contributed by atoms with Gasteiger partial charge in [0.15, 0.2) is 0 Å². The number of ether oxygens (including phenoxy) is 1. The monoisotopic (exact) mass is 255 g/mol. The fraction of sp³-hybridized carbons (Fsp3) is 0.571. The molecular formula is C14H22ClNO. The van der Waals surface area contributed by atoms with Crippen LogP contribution >= 0.6 is 11.6 Å². The summed E-state index contributed by atoms with van der Waals surface area (Å²) < 4.78 is 5.84. The summed E-state index contributed by atoms with van der Waals surface area (Å²) in [6.45, 7) is 5.72. The third-order valence-corrected chi connectivity index (χ3v) is 3.13. The molecule has 1 rings (SSSR count). The lowest BCUT2D eigenvalue weighted by molar-refractivity contribution is 0.249. The van der Waals surface area contributed by atoms with E-state index >= 15 is 0 Å². The molecule has 1 atom stereocenters. The van der Waals surface area contributed by atoms with Gasteiger partial charge < -0.3 is 10.5 Å². The number of nitrogens with two attached hydrogens (primary N) is 1. The van der Waals surface area contributed by atoms with Crippen molar-refractivity contribution in [2.75, 3.05) is 13.2 Å². The maximum Gasteiger partial charge on any atom is 0.124 e. The summed E-state index contributed by atoms with van der Waals surface area (Å²) in [5.74, 6) is 1.45. The molecular weight excluding hydrogens is 234 g/mol. The van der Waals surface area contributed by atoms with Crippen molar-refractivity contribution in [3.05, 3.63) is 28.8 Å². The van der Waals surface area contributed by atoms with Gasteiger partial charge in [-0.15, -0.1) is 0 Å². The standard InChI is InChI=1S/C14H22ClNO/c1-3-5-11(2)10-17-14-7-4-6-13(15)12(14)8-9-16/h4,6-7,11H,3,5,8-10,16H2,1-2H3. The zero-order valence-electron chi connectivity index (χ0n) is 10.7. The third kappa shape index (κ3) is 4.57. The van der Waals surface area contributed by atoms with E-state index < -0.39 is 0 Å². The Morgan fingerprint density at radius 3 is 2.82 bits per heavy atom. The van der Waals surface area contributed by atoms with E-state index in [9.17, 15) is 0 Å². The van der Waals surface area contributed by atoms with Crippen LogP contribution in [-0.4, -0.2) is 13.2 Å². The van der Waals surface area contributed by atoms with E-state index in [4.69, 9.17) is 22.1 Å². The average Bonchev–Trinajstić information content (AvgIpc) is 2.30. The predicted molar refractivity (Wildman–Crippen MR) is 73.8 cm³/mol. The van der Waals surface area contributed by atoms with Crippen LogP contribution in [0, 0.1) is 5.92 Å². The molecule has 0 aliphatic heterocycles. The summed E-state index contributed by atoms with van der Waals surface area (Å²) in [5, 5.41) is 0.746. The van der Waals surface area contributed by atoms with E-state index in [1.54, 1.807) is 0 Å². The zero-order chi connectivity index (χ0) is 12.7. The molecule has 3 heteroatoms. The molecule has 2 nitrogen and oxygen atoms in total. The van der Waals surface area contributed by atoms with Crippen LogP contribution in [0.3, 0.4) is 0 Å². The molecule has 0 aromatic heterocycles. The predicted octanol–water partition coefficient (Wildman–Crippen LogP) is 3.66. The second-order valence-electron chi connectivity index (χ2n) is 4.46. The Hall–Kier alpha value is -0.730. The van der Waals surface area contributed by atoms with Crippen molar-refractivity contribution >= 4 is 11.6 Å². The molecule has 17 heavy (non-hydrogen) atoms. The topological polar surface area (TPSA) is 35.2 Å². The van der Waals surface area contributed by atoms with Gasteiger partial charge in [-0.1, -0.05) is 37.9 Å². The summed E-state index contributed by atoms with van der Waals surface area (Å²) in [6.07, 6.45) is 3.14. The molecule has 0 bridgehead atoms. The van der Waals surface area contributed by atoms with Crippen molar-refractivity contribution in [3.8, 4) is 5.75 Å². The van der Waals surface area contributed by atoms with Crippen LogP contribution in [0.2, 0.25) is 5.02 Å². The maximum atomic E-state index is 6.15. The molecule has 1 unspecified atom stereocenters. The Morgan fingerprint density at radius 2 is 2.18 bits per heavy atom. The molecule has 0 saturated carbocycles. The van der Waals surface area contributed by atoms with Gasteiger partial charge in [0, 0.05) is 10.6 Å². The summed E-state index contributed by atoms with van der Waals surface area (Å²) in [4.78, 5) is 0. The van der Waals surface area contributed by atoms with Gasteiger partial charge in [-0.05, 0) is 37.4 Å². The van der Waals surface area contributed by atoms with E-state index in [1.807, 2.05) is 18.2 Å². The first kappa shape index (κ1) is 14.3. The molecule has 1 aromatic carbocycles. The van der Waals surface area contributed by atoms with E-state index in [-0.39, 0.29) is 0 Å². The molecule has 0 radical (unpaired) electrons. The minimum absolute atomic E-state index is 0.574. The average molecular weight is 256 g/mol. The molecule has 1 aromatic rings. The van der Waals surface area contributed by atoms with E-state index in [0.29, 0.717) is 12.5 Å². The molecule has 96 valence electrons. The smallest absolute Gasteiger partial charge is 0.124 e. The fourth-order valence-corrected chi connectivity index (χ4v) is 2.13. The minimum Gasteiger partial charge on any atom is -0.493 e. The largest absolute Gasteiger partial charge is 0.493 e. The molecule has 0 aliphatic rings. The number of halogens is 1. The van der Waals surface area contributed by atoms with Crippen LogP contribution in [0.5, 0.6) is 5.75 Å². The van der Waals surface area contributed by atoms with Crippen molar-refractivity contribution in [2.24, 2.45) is 11.7 Å². The molecule has 0 spiro atoms. The van der Waals surface area contributed by atoms with Gasteiger partial charge in [-0.2, -0.15) is 0 Å². The van der Waals surface area contributed by atoms with Crippen LogP contribution in [0.15, 0.2) is 18.2 Å². The Kier molecular flexibility index (Phi) is 6.38. The first-order valence-electron chi connectivity index (χ1n) is 6.29. The number of rotatable bonds is 7. The van der Waals surface area contributed by atoms with E-state index in [0.717, 1.165) is 29.4 Å². The van der Waals surface area contributed by atoms with Gasteiger partial charge in [0.1, 0.15) is 5.75 Å². The molecule has 0 fully saturated rings. The summed E-state index contributed by atoms with van der Waals surface area (Å²) in [5.41, 5.74) is 6.62. The summed E-state index contributed by atoms with van der Waals surface area (Å²) in [7, 11) is 0. The van der Waals surface area contributed by atoms with E-state index in [2.05, 4.69) is 13.8 Å². The highest BCUT2D eigenvalue weighted by atomic mass is 35.5. The minimum atomic E-state index is 0.574.